The van der Waals surface area contributed by atoms with Crippen LogP contribution in [0, 0.1) is 0 Å². The van der Waals surface area contributed by atoms with Gasteiger partial charge in [0, 0.05) is 25.4 Å². The molecule has 0 atom stereocenters. The minimum Gasteiger partial charge on any atom is -0.478 e. The largest absolute Gasteiger partial charge is 0.478 e. The van der Waals surface area contributed by atoms with Crippen LogP contribution in [-0.2, 0) is 0 Å². The maximum Gasteiger partial charge on any atom is 0.255 e. The van der Waals surface area contributed by atoms with E-state index in [4.69, 9.17) is 4.74 Å². The molecule has 1 aliphatic heterocycles. The fourth-order valence-corrected chi connectivity index (χ4v) is 1.99. The first-order chi connectivity index (χ1) is 8.70. The van der Waals surface area contributed by atoms with E-state index in [1.54, 1.807) is 23.2 Å². The van der Waals surface area contributed by atoms with Crippen LogP contribution >= 0.6 is 0 Å². The van der Waals surface area contributed by atoms with E-state index in [2.05, 4.69) is 4.98 Å². The van der Waals surface area contributed by atoms with Crippen molar-refractivity contribution in [3.05, 3.63) is 23.9 Å². The van der Waals surface area contributed by atoms with E-state index >= 15 is 0 Å². The first kappa shape index (κ1) is 12.8. The van der Waals surface area contributed by atoms with Crippen molar-refractivity contribution in [2.45, 2.75) is 25.9 Å². The summed E-state index contributed by atoms with van der Waals surface area (Å²) >= 11 is 0. The van der Waals surface area contributed by atoms with Gasteiger partial charge in [-0.25, -0.2) is 4.98 Å². The van der Waals surface area contributed by atoms with Crippen LogP contribution in [0.25, 0.3) is 0 Å². The minimum atomic E-state index is -0.271. The smallest absolute Gasteiger partial charge is 0.255 e. The van der Waals surface area contributed by atoms with Crippen molar-refractivity contribution in [2.75, 3.05) is 19.7 Å². The fourth-order valence-electron chi connectivity index (χ4n) is 1.99. The van der Waals surface area contributed by atoms with Gasteiger partial charge < -0.3 is 14.7 Å². The Labute approximate surface area is 106 Å². The highest BCUT2D eigenvalue weighted by atomic mass is 16.5. The van der Waals surface area contributed by atoms with Gasteiger partial charge in [0.15, 0.2) is 0 Å². The lowest BCUT2D eigenvalue weighted by molar-refractivity contribution is 0.0546. The summed E-state index contributed by atoms with van der Waals surface area (Å²) in [5.41, 5.74) is 0.565. The normalized spacial score (nSPS) is 16.7. The summed E-state index contributed by atoms with van der Waals surface area (Å²) in [5.74, 6) is 0.501. The van der Waals surface area contributed by atoms with Crippen molar-refractivity contribution in [1.82, 2.24) is 9.88 Å². The second-order valence-electron chi connectivity index (χ2n) is 4.34. The average Bonchev–Trinajstić information content (AvgIpc) is 2.40. The zero-order chi connectivity index (χ0) is 13.0. The monoisotopic (exact) mass is 250 g/mol. The van der Waals surface area contributed by atoms with Gasteiger partial charge in [-0.1, -0.05) is 0 Å². The summed E-state index contributed by atoms with van der Waals surface area (Å²) in [6.45, 7) is 3.66. The van der Waals surface area contributed by atoms with E-state index in [1.165, 1.54) is 0 Å². The number of ether oxygens (including phenoxy) is 1. The lowest BCUT2D eigenvalue weighted by Gasteiger charge is -2.29. The number of piperidine rings is 1. The van der Waals surface area contributed by atoms with Crippen LogP contribution in [0.2, 0.25) is 0 Å². The topological polar surface area (TPSA) is 62.7 Å². The van der Waals surface area contributed by atoms with Crippen LogP contribution in [0.1, 0.15) is 30.1 Å². The van der Waals surface area contributed by atoms with Crippen molar-refractivity contribution < 1.29 is 14.6 Å². The second-order valence-corrected chi connectivity index (χ2v) is 4.34. The van der Waals surface area contributed by atoms with Crippen molar-refractivity contribution in [2.24, 2.45) is 0 Å². The van der Waals surface area contributed by atoms with Crippen LogP contribution in [-0.4, -0.2) is 46.7 Å². The van der Waals surface area contributed by atoms with Gasteiger partial charge in [-0.2, -0.15) is 0 Å². The third-order valence-corrected chi connectivity index (χ3v) is 3.03. The fraction of sp³-hybridized carbons (Fsp3) is 0.538. The number of aliphatic hydroxyl groups excluding tert-OH is 1. The molecule has 0 saturated carbocycles. The predicted molar refractivity (Wildman–Crippen MR) is 66.6 cm³/mol. The molecule has 98 valence electrons. The molecule has 5 nitrogen and oxygen atoms in total. The van der Waals surface area contributed by atoms with Gasteiger partial charge >= 0.3 is 0 Å². The first-order valence-corrected chi connectivity index (χ1v) is 6.27. The molecule has 1 saturated heterocycles. The van der Waals surface area contributed by atoms with Gasteiger partial charge in [0.25, 0.3) is 5.91 Å². The Morgan fingerprint density at radius 1 is 1.50 bits per heavy atom. The summed E-state index contributed by atoms with van der Waals surface area (Å²) in [6, 6.07) is 3.43. The van der Waals surface area contributed by atoms with E-state index in [-0.39, 0.29) is 12.0 Å². The molecule has 1 N–H and O–H groups in total. The van der Waals surface area contributed by atoms with Crippen LogP contribution in [0.15, 0.2) is 18.3 Å². The van der Waals surface area contributed by atoms with Gasteiger partial charge in [-0.3, -0.25) is 4.79 Å². The number of carbonyl (C=O) groups excluding carboxylic acids is 1. The van der Waals surface area contributed by atoms with Crippen molar-refractivity contribution >= 4 is 5.91 Å². The van der Waals surface area contributed by atoms with Gasteiger partial charge in [0.05, 0.1) is 18.3 Å². The molecule has 0 aliphatic carbocycles. The molecule has 0 unspecified atom stereocenters. The van der Waals surface area contributed by atoms with Gasteiger partial charge in [-0.15, -0.1) is 0 Å². The van der Waals surface area contributed by atoms with Gasteiger partial charge in [0.1, 0.15) is 0 Å². The zero-order valence-corrected chi connectivity index (χ0v) is 10.5. The molecule has 2 rings (SSSR count). The van der Waals surface area contributed by atoms with E-state index in [1.807, 2.05) is 6.92 Å². The molecular weight excluding hydrogens is 232 g/mol. The lowest BCUT2D eigenvalue weighted by atomic mass is 10.1. The van der Waals surface area contributed by atoms with E-state index in [0.29, 0.717) is 44.0 Å². The molecule has 0 radical (unpaired) electrons. The molecule has 0 bridgehead atoms. The van der Waals surface area contributed by atoms with Crippen LogP contribution in [0.3, 0.4) is 0 Å². The number of hydrogen-bond donors (Lipinski definition) is 1. The number of nitrogens with zero attached hydrogens (tertiary/aromatic N) is 2. The SMILES string of the molecule is CCOc1ccc(C(=O)N2CCC(O)CC2)cn1. The van der Waals surface area contributed by atoms with Gasteiger partial charge in [0.2, 0.25) is 5.88 Å². The Morgan fingerprint density at radius 3 is 2.78 bits per heavy atom. The van der Waals surface area contributed by atoms with Crippen LogP contribution < -0.4 is 4.74 Å². The molecule has 18 heavy (non-hydrogen) atoms. The second kappa shape index (κ2) is 5.82. The molecule has 1 aliphatic rings. The molecule has 5 heteroatoms. The Bertz CT molecular complexity index is 397. The number of aliphatic hydroxyl groups is 1. The molecule has 0 spiro atoms. The third kappa shape index (κ3) is 2.98. The highest BCUT2D eigenvalue weighted by Gasteiger charge is 2.22. The number of hydrogen-bond acceptors (Lipinski definition) is 4. The number of carbonyl (C=O) groups is 1. The van der Waals surface area contributed by atoms with Crippen LogP contribution in [0.5, 0.6) is 5.88 Å². The lowest BCUT2D eigenvalue weighted by Crippen LogP contribution is -2.40. The summed E-state index contributed by atoms with van der Waals surface area (Å²) in [5, 5.41) is 9.41. The molecule has 1 aromatic heterocycles. The quantitative estimate of drug-likeness (QED) is 0.872. The molecule has 1 aromatic rings. The highest BCUT2D eigenvalue weighted by molar-refractivity contribution is 5.94. The molecule has 2 heterocycles. The zero-order valence-electron chi connectivity index (χ0n) is 10.5. The Kier molecular flexibility index (Phi) is 4.15. The van der Waals surface area contributed by atoms with Crippen molar-refractivity contribution in [1.29, 1.82) is 0 Å². The predicted octanol–water partition coefficient (Wildman–Crippen LogP) is 1.08. The number of amides is 1. The standard InChI is InChI=1S/C13H18N2O3/c1-2-18-12-4-3-10(9-14-12)13(17)15-7-5-11(16)6-8-15/h3-4,9,11,16H,2,5-8H2,1H3. The number of rotatable bonds is 3. The van der Waals surface area contributed by atoms with Gasteiger partial charge in [-0.05, 0) is 25.8 Å². The maximum absolute atomic E-state index is 12.1. The van der Waals surface area contributed by atoms with E-state index in [0.717, 1.165) is 0 Å². The number of aromatic nitrogens is 1. The molecular formula is C13H18N2O3. The Balaban J connectivity index is 2.00. The molecule has 0 aromatic carbocycles. The van der Waals surface area contributed by atoms with E-state index < -0.39 is 0 Å². The summed E-state index contributed by atoms with van der Waals surface area (Å²) in [7, 11) is 0. The first-order valence-electron chi connectivity index (χ1n) is 6.27. The summed E-state index contributed by atoms with van der Waals surface area (Å²) in [6.07, 6.45) is 2.57. The van der Waals surface area contributed by atoms with Crippen LogP contribution in [0.4, 0.5) is 0 Å². The van der Waals surface area contributed by atoms with E-state index in [9.17, 15) is 9.90 Å². The van der Waals surface area contributed by atoms with Crippen molar-refractivity contribution in [3.63, 3.8) is 0 Å². The summed E-state index contributed by atoms with van der Waals surface area (Å²) < 4.78 is 5.23. The Hall–Kier alpha value is -1.62. The Morgan fingerprint density at radius 2 is 2.22 bits per heavy atom. The number of pyridine rings is 1. The summed E-state index contributed by atoms with van der Waals surface area (Å²) in [4.78, 5) is 18.0. The average molecular weight is 250 g/mol. The third-order valence-electron chi connectivity index (χ3n) is 3.03. The minimum absolute atomic E-state index is 0.0301. The molecule has 1 amide bonds. The maximum atomic E-state index is 12.1. The van der Waals surface area contributed by atoms with Crippen molar-refractivity contribution in [3.8, 4) is 5.88 Å². The molecule has 1 fully saturated rings. The number of likely N-dealkylation sites (tertiary alicyclic amines) is 1. The highest BCUT2D eigenvalue weighted by Crippen LogP contribution is 2.14.